The number of carbonyl (C=O) groups is 2. The Balaban J connectivity index is 2.59. The number of aryl methyl sites for hydroxylation is 1. The minimum atomic E-state index is -1.22. The molecule has 0 aliphatic rings. The van der Waals surface area contributed by atoms with E-state index in [4.69, 9.17) is 9.84 Å². The maximum Gasteiger partial charge on any atom is 0.425 e. The van der Waals surface area contributed by atoms with E-state index in [1.54, 1.807) is 6.92 Å². The number of hydrogen-bond donors (Lipinski definition) is 2. The third-order valence-electron chi connectivity index (χ3n) is 2.63. The molecule has 0 unspecified atom stereocenters. The van der Waals surface area contributed by atoms with Gasteiger partial charge in [-0.2, -0.15) is 5.10 Å². The van der Waals surface area contributed by atoms with Crippen LogP contribution in [-0.4, -0.2) is 34.6 Å². The standard InChI is InChI=1S/C15H20N2O4S/c1-3-21-14(18)8-9-22-13(16-17-15(19)20)10-12-6-4-11(2)5-7-12/h4-7,17H,3,8-10H2,1-2H3,(H,19,20)/b16-13-. The first-order valence-corrected chi connectivity index (χ1v) is 7.89. The van der Waals surface area contributed by atoms with E-state index in [-0.39, 0.29) is 12.4 Å². The van der Waals surface area contributed by atoms with Crippen molar-refractivity contribution in [2.24, 2.45) is 5.10 Å². The highest BCUT2D eigenvalue weighted by molar-refractivity contribution is 8.13. The number of hydrogen-bond acceptors (Lipinski definition) is 5. The van der Waals surface area contributed by atoms with Gasteiger partial charge in [0.2, 0.25) is 0 Å². The Kier molecular flexibility index (Phi) is 8.06. The summed E-state index contributed by atoms with van der Waals surface area (Å²) in [6.07, 6.45) is -0.445. The molecule has 0 aliphatic heterocycles. The molecule has 1 amide bonds. The predicted octanol–water partition coefficient (Wildman–Crippen LogP) is 2.81. The van der Waals surface area contributed by atoms with Crippen molar-refractivity contribution in [1.29, 1.82) is 0 Å². The first-order valence-electron chi connectivity index (χ1n) is 6.90. The fraction of sp³-hybridized carbons (Fsp3) is 0.400. The first-order chi connectivity index (χ1) is 10.5. The average Bonchev–Trinajstić information content (AvgIpc) is 2.47. The van der Waals surface area contributed by atoms with Gasteiger partial charge in [0.1, 0.15) is 0 Å². The summed E-state index contributed by atoms with van der Waals surface area (Å²) in [5.41, 5.74) is 4.19. The van der Waals surface area contributed by atoms with Gasteiger partial charge in [-0.3, -0.25) is 4.79 Å². The molecule has 1 aromatic carbocycles. The fourth-order valence-electron chi connectivity index (χ4n) is 1.60. The van der Waals surface area contributed by atoms with Crippen LogP contribution in [-0.2, 0) is 16.0 Å². The van der Waals surface area contributed by atoms with Gasteiger partial charge >= 0.3 is 12.1 Å². The number of nitrogens with one attached hydrogen (secondary N) is 1. The summed E-state index contributed by atoms with van der Waals surface area (Å²) in [6, 6.07) is 7.91. The highest BCUT2D eigenvalue weighted by atomic mass is 32.2. The Morgan fingerprint density at radius 1 is 1.32 bits per heavy atom. The van der Waals surface area contributed by atoms with Crippen molar-refractivity contribution >= 4 is 28.9 Å². The number of rotatable bonds is 7. The van der Waals surface area contributed by atoms with Crippen molar-refractivity contribution < 1.29 is 19.4 Å². The molecular weight excluding hydrogens is 304 g/mol. The summed E-state index contributed by atoms with van der Waals surface area (Å²) in [6.45, 7) is 4.11. The molecular formula is C15H20N2O4S. The Hall–Kier alpha value is -2.02. The fourth-order valence-corrected chi connectivity index (χ4v) is 2.48. The zero-order valence-corrected chi connectivity index (χ0v) is 13.5. The molecule has 0 spiro atoms. The minimum absolute atomic E-state index is 0.262. The van der Waals surface area contributed by atoms with Crippen molar-refractivity contribution in [3.05, 3.63) is 35.4 Å². The van der Waals surface area contributed by atoms with E-state index in [9.17, 15) is 9.59 Å². The van der Waals surface area contributed by atoms with Crippen molar-refractivity contribution in [2.45, 2.75) is 26.7 Å². The quantitative estimate of drug-likeness (QED) is 0.348. The molecule has 7 heteroatoms. The minimum Gasteiger partial charge on any atom is -0.466 e. The van der Waals surface area contributed by atoms with Gasteiger partial charge in [-0.05, 0) is 19.4 Å². The second-order valence-electron chi connectivity index (χ2n) is 4.49. The third-order valence-corrected chi connectivity index (χ3v) is 3.61. The van der Waals surface area contributed by atoms with Crippen molar-refractivity contribution in [1.82, 2.24) is 5.43 Å². The molecule has 1 aromatic rings. The normalized spacial score (nSPS) is 11.1. The van der Waals surface area contributed by atoms with E-state index in [1.165, 1.54) is 11.8 Å². The van der Waals surface area contributed by atoms with Crippen LogP contribution in [0.2, 0.25) is 0 Å². The number of hydrazone groups is 1. The van der Waals surface area contributed by atoms with Crippen molar-refractivity contribution in [2.75, 3.05) is 12.4 Å². The maximum absolute atomic E-state index is 11.3. The van der Waals surface area contributed by atoms with E-state index in [0.29, 0.717) is 23.8 Å². The molecule has 0 atom stereocenters. The lowest BCUT2D eigenvalue weighted by Crippen LogP contribution is -2.17. The van der Waals surface area contributed by atoms with Crippen LogP contribution >= 0.6 is 11.8 Å². The van der Waals surface area contributed by atoms with Crippen molar-refractivity contribution in [3.8, 4) is 0 Å². The van der Waals surface area contributed by atoms with Gasteiger partial charge in [0.05, 0.1) is 18.1 Å². The topological polar surface area (TPSA) is 88.0 Å². The molecule has 22 heavy (non-hydrogen) atoms. The van der Waals surface area contributed by atoms with E-state index < -0.39 is 6.09 Å². The van der Waals surface area contributed by atoms with Crippen LogP contribution in [0.4, 0.5) is 4.79 Å². The molecule has 0 aromatic heterocycles. The Morgan fingerprint density at radius 3 is 2.59 bits per heavy atom. The molecule has 0 saturated carbocycles. The van der Waals surface area contributed by atoms with Gasteiger partial charge in [0.15, 0.2) is 0 Å². The largest absolute Gasteiger partial charge is 0.466 e. The van der Waals surface area contributed by atoms with Gasteiger partial charge in [0.25, 0.3) is 0 Å². The van der Waals surface area contributed by atoms with Crippen LogP contribution in [0.15, 0.2) is 29.4 Å². The molecule has 0 fully saturated rings. The predicted molar refractivity (Wildman–Crippen MR) is 87.2 cm³/mol. The smallest absolute Gasteiger partial charge is 0.425 e. The number of ether oxygens (including phenoxy) is 1. The second-order valence-corrected chi connectivity index (χ2v) is 5.66. The van der Waals surface area contributed by atoms with Gasteiger partial charge in [-0.15, -0.1) is 11.8 Å². The van der Waals surface area contributed by atoms with E-state index in [0.717, 1.165) is 11.1 Å². The number of thioether (sulfide) groups is 1. The van der Waals surface area contributed by atoms with E-state index >= 15 is 0 Å². The Morgan fingerprint density at radius 2 is 2.00 bits per heavy atom. The number of carboxylic acid groups (broad SMARTS) is 1. The van der Waals surface area contributed by atoms with E-state index in [2.05, 4.69) is 5.10 Å². The van der Waals surface area contributed by atoms with Gasteiger partial charge < -0.3 is 9.84 Å². The van der Waals surface area contributed by atoms with Crippen LogP contribution in [0.25, 0.3) is 0 Å². The highest BCUT2D eigenvalue weighted by Gasteiger charge is 2.07. The third kappa shape index (κ3) is 7.68. The lowest BCUT2D eigenvalue weighted by Gasteiger charge is -2.07. The zero-order valence-electron chi connectivity index (χ0n) is 12.7. The van der Waals surface area contributed by atoms with Crippen molar-refractivity contribution in [3.63, 3.8) is 0 Å². The molecule has 6 nitrogen and oxygen atoms in total. The molecule has 0 aliphatic carbocycles. The molecule has 0 heterocycles. The Labute approximate surface area is 133 Å². The monoisotopic (exact) mass is 324 g/mol. The summed E-state index contributed by atoms with van der Waals surface area (Å²) in [5, 5.41) is 13.1. The summed E-state index contributed by atoms with van der Waals surface area (Å²) in [5.74, 6) is 0.223. The van der Waals surface area contributed by atoms with Crippen LogP contribution in [0, 0.1) is 6.92 Å². The SMILES string of the molecule is CCOC(=O)CCS/C(Cc1ccc(C)cc1)=N\NC(=O)O. The second kappa shape index (κ2) is 9.83. The lowest BCUT2D eigenvalue weighted by molar-refractivity contribution is -0.142. The molecule has 0 bridgehead atoms. The molecule has 0 radical (unpaired) electrons. The number of esters is 1. The first kappa shape index (κ1) is 18.0. The lowest BCUT2D eigenvalue weighted by atomic mass is 10.1. The van der Waals surface area contributed by atoms with Crippen LogP contribution in [0.3, 0.4) is 0 Å². The average molecular weight is 324 g/mol. The van der Waals surface area contributed by atoms with E-state index in [1.807, 2.05) is 36.6 Å². The Bertz CT molecular complexity index is 529. The summed E-state index contributed by atoms with van der Waals surface area (Å²) in [4.78, 5) is 21.9. The van der Waals surface area contributed by atoms with Crippen LogP contribution in [0.5, 0.6) is 0 Å². The van der Waals surface area contributed by atoms with Crippen LogP contribution < -0.4 is 5.43 Å². The maximum atomic E-state index is 11.3. The van der Waals surface area contributed by atoms with Gasteiger partial charge in [-0.25, -0.2) is 10.2 Å². The molecule has 1 rings (SSSR count). The number of amides is 1. The van der Waals surface area contributed by atoms with Crippen LogP contribution in [0.1, 0.15) is 24.5 Å². The van der Waals surface area contributed by atoms with Gasteiger partial charge in [-0.1, -0.05) is 29.8 Å². The number of carbonyl (C=O) groups excluding carboxylic acids is 1. The molecule has 0 saturated heterocycles. The highest BCUT2D eigenvalue weighted by Crippen LogP contribution is 2.13. The molecule has 2 N–H and O–H groups in total. The summed E-state index contributed by atoms with van der Waals surface area (Å²) >= 11 is 1.34. The zero-order chi connectivity index (χ0) is 16.4. The number of benzene rings is 1. The molecule has 120 valence electrons. The van der Waals surface area contributed by atoms with Gasteiger partial charge in [0, 0.05) is 12.2 Å². The summed E-state index contributed by atoms with van der Waals surface area (Å²) in [7, 11) is 0. The number of nitrogens with zero attached hydrogens (tertiary/aromatic N) is 1. The summed E-state index contributed by atoms with van der Waals surface area (Å²) < 4.78 is 4.85.